The zero-order chi connectivity index (χ0) is 18.8. The first-order valence-corrected chi connectivity index (χ1v) is 9.26. The van der Waals surface area contributed by atoms with E-state index in [0.29, 0.717) is 46.5 Å². The Kier molecular flexibility index (Phi) is 4.90. The van der Waals surface area contributed by atoms with E-state index in [1.165, 1.54) is 0 Å². The van der Waals surface area contributed by atoms with E-state index in [4.69, 9.17) is 21.1 Å². The molecule has 0 unspecified atom stereocenters. The van der Waals surface area contributed by atoms with Crippen LogP contribution in [0.2, 0.25) is 5.02 Å². The van der Waals surface area contributed by atoms with E-state index in [0.717, 1.165) is 12.8 Å². The van der Waals surface area contributed by atoms with Gasteiger partial charge in [0, 0.05) is 6.04 Å². The van der Waals surface area contributed by atoms with Crippen molar-refractivity contribution in [2.45, 2.75) is 25.3 Å². The Morgan fingerprint density at radius 3 is 2.70 bits per heavy atom. The Labute approximate surface area is 161 Å². The normalized spacial score (nSPS) is 15.1. The molecule has 1 fully saturated rings. The third kappa shape index (κ3) is 4.17. The van der Waals surface area contributed by atoms with Crippen LogP contribution in [0.4, 0.5) is 5.69 Å². The molecule has 2 N–H and O–H groups in total. The molecule has 0 bridgehead atoms. The van der Waals surface area contributed by atoms with Gasteiger partial charge in [-0.15, -0.1) is 0 Å². The average molecular weight is 387 g/mol. The number of hydrogen-bond donors (Lipinski definition) is 2. The lowest BCUT2D eigenvalue weighted by molar-refractivity contribution is -0.115. The summed E-state index contributed by atoms with van der Waals surface area (Å²) < 4.78 is 11.0. The number of carbonyl (C=O) groups is 2. The molecule has 27 heavy (non-hydrogen) atoms. The maximum atomic E-state index is 12.5. The second kappa shape index (κ2) is 7.48. The number of anilines is 1. The van der Waals surface area contributed by atoms with E-state index < -0.39 is 0 Å². The number of hydrogen-bond acceptors (Lipinski definition) is 4. The molecule has 1 aliphatic carbocycles. The van der Waals surface area contributed by atoms with Crippen LogP contribution in [0.25, 0.3) is 0 Å². The van der Waals surface area contributed by atoms with Gasteiger partial charge in [0.2, 0.25) is 5.91 Å². The number of rotatable bonds is 5. The molecule has 0 aromatic heterocycles. The number of benzene rings is 2. The van der Waals surface area contributed by atoms with Gasteiger partial charge in [-0.3, -0.25) is 9.59 Å². The van der Waals surface area contributed by atoms with Crippen LogP contribution in [-0.4, -0.2) is 31.1 Å². The summed E-state index contributed by atoms with van der Waals surface area (Å²) in [6, 6.07) is 10.7. The Hall–Kier alpha value is -2.73. The van der Waals surface area contributed by atoms with E-state index in [1.54, 1.807) is 36.4 Å². The second-order valence-corrected chi connectivity index (χ2v) is 7.03. The fourth-order valence-corrected chi connectivity index (χ4v) is 3.21. The smallest absolute Gasteiger partial charge is 0.253 e. The van der Waals surface area contributed by atoms with Crippen molar-refractivity contribution in [2.24, 2.45) is 0 Å². The van der Waals surface area contributed by atoms with E-state index in [2.05, 4.69) is 10.6 Å². The number of halogens is 1. The fraction of sp³-hybridized carbons (Fsp3) is 0.300. The van der Waals surface area contributed by atoms with E-state index in [1.807, 2.05) is 0 Å². The van der Waals surface area contributed by atoms with Gasteiger partial charge in [0.15, 0.2) is 11.5 Å². The van der Waals surface area contributed by atoms with Gasteiger partial charge in [0.05, 0.1) is 22.7 Å². The number of fused-ring (bicyclic) bond motifs is 1. The molecule has 1 saturated carbocycles. The largest absolute Gasteiger partial charge is 0.486 e. The first-order valence-electron chi connectivity index (χ1n) is 8.88. The molecule has 0 atom stereocenters. The van der Waals surface area contributed by atoms with Crippen LogP contribution in [0.15, 0.2) is 36.4 Å². The summed E-state index contributed by atoms with van der Waals surface area (Å²) in [6.07, 6.45) is 2.12. The van der Waals surface area contributed by atoms with Crippen LogP contribution in [0.5, 0.6) is 11.5 Å². The summed E-state index contributed by atoms with van der Waals surface area (Å²) >= 11 is 6.22. The Bertz CT molecular complexity index is 896. The summed E-state index contributed by atoms with van der Waals surface area (Å²) in [6.45, 7) is 0.898. The first-order chi connectivity index (χ1) is 13.1. The second-order valence-electron chi connectivity index (χ2n) is 6.62. The summed E-state index contributed by atoms with van der Waals surface area (Å²) in [5.74, 6) is 0.639. The highest BCUT2D eigenvalue weighted by atomic mass is 35.5. The summed E-state index contributed by atoms with van der Waals surface area (Å²) in [7, 11) is 0. The molecular formula is C20H19ClN2O4. The Morgan fingerprint density at radius 2 is 1.89 bits per heavy atom. The van der Waals surface area contributed by atoms with Crippen molar-refractivity contribution in [1.82, 2.24) is 5.32 Å². The minimum Gasteiger partial charge on any atom is -0.486 e. The highest BCUT2D eigenvalue weighted by Crippen LogP contribution is 2.38. The molecule has 0 radical (unpaired) electrons. The number of amides is 2. The maximum Gasteiger partial charge on any atom is 0.253 e. The van der Waals surface area contributed by atoms with Gasteiger partial charge in [0.1, 0.15) is 13.2 Å². The Morgan fingerprint density at radius 1 is 1.11 bits per heavy atom. The molecule has 0 saturated heterocycles. The molecule has 7 heteroatoms. The quantitative estimate of drug-likeness (QED) is 0.827. The van der Waals surface area contributed by atoms with E-state index >= 15 is 0 Å². The standard InChI is InChI=1S/C20H19ClN2O4/c21-15-9-12(10-17-19(15)27-8-7-26-17)11-18(24)23-16-4-2-1-3-14(16)20(25)22-13-5-6-13/h1-4,9-10,13H,5-8,11H2,(H,22,25)(H,23,24). The van der Waals surface area contributed by atoms with Gasteiger partial charge in [0.25, 0.3) is 5.91 Å². The predicted molar refractivity (Wildman–Crippen MR) is 102 cm³/mol. The summed E-state index contributed by atoms with van der Waals surface area (Å²) in [5.41, 5.74) is 1.66. The minimum atomic E-state index is -0.241. The van der Waals surface area contributed by atoms with E-state index in [9.17, 15) is 9.59 Å². The molecule has 2 aromatic carbocycles. The molecule has 4 rings (SSSR count). The number of carbonyl (C=O) groups excluding carboxylic acids is 2. The van der Waals surface area contributed by atoms with Crippen LogP contribution in [0, 0.1) is 0 Å². The number of para-hydroxylation sites is 1. The van der Waals surface area contributed by atoms with Gasteiger partial charge < -0.3 is 20.1 Å². The SMILES string of the molecule is O=C(Cc1cc(Cl)c2c(c1)OCCO2)Nc1ccccc1C(=O)NC1CC1. The summed E-state index contributed by atoms with van der Waals surface area (Å²) in [5, 5.41) is 6.17. The van der Waals surface area contributed by atoms with Crippen LogP contribution in [-0.2, 0) is 11.2 Å². The van der Waals surface area contributed by atoms with Crippen molar-refractivity contribution in [2.75, 3.05) is 18.5 Å². The monoisotopic (exact) mass is 386 g/mol. The molecule has 0 spiro atoms. The van der Waals surface area contributed by atoms with Crippen molar-refractivity contribution < 1.29 is 19.1 Å². The van der Waals surface area contributed by atoms with Gasteiger partial charge in [-0.05, 0) is 42.7 Å². The number of nitrogens with one attached hydrogen (secondary N) is 2. The topological polar surface area (TPSA) is 76.7 Å². The molecule has 1 heterocycles. The third-order valence-corrected chi connectivity index (χ3v) is 4.66. The average Bonchev–Trinajstić information content (AvgIpc) is 3.46. The minimum absolute atomic E-state index is 0.106. The lowest BCUT2D eigenvalue weighted by atomic mass is 10.1. The molecular weight excluding hydrogens is 368 g/mol. The van der Waals surface area contributed by atoms with Crippen molar-refractivity contribution in [3.63, 3.8) is 0 Å². The Balaban J connectivity index is 1.47. The van der Waals surface area contributed by atoms with Crippen molar-refractivity contribution >= 4 is 29.1 Å². The maximum absolute atomic E-state index is 12.5. The lowest BCUT2D eigenvalue weighted by Gasteiger charge is -2.20. The van der Waals surface area contributed by atoms with Gasteiger partial charge in [-0.25, -0.2) is 0 Å². The molecule has 1 aliphatic heterocycles. The van der Waals surface area contributed by atoms with Crippen molar-refractivity contribution in [3.8, 4) is 11.5 Å². The number of ether oxygens (including phenoxy) is 2. The first kappa shape index (κ1) is 17.7. The highest BCUT2D eigenvalue weighted by Gasteiger charge is 2.25. The van der Waals surface area contributed by atoms with Crippen LogP contribution in [0.1, 0.15) is 28.8 Å². The highest BCUT2D eigenvalue weighted by molar-refractivity contribution is 6.32. The lowest BCUT2D eigenvalue weighted by Crippen LogP contribution is -2.27. The van der Waals surface area contributed by atoms with Crippen LogP contribution in [0.3, 0.4) is 0 Å². The third-order valence-electron chi connectivity index (χ3n) is 4.38. The van der Waals surface area contributed by atoms with E-state index in [-0.39, 0.29) is 24.3 Å². The molecule has 6 nitrogen and oxygen atoms in total. The van der Waals surface area contributed by atoms with Crippen LogP contribution < -0.4 is 20.1 Å². The zero-order valence-electron chi connectivity index (χ0n) is 14.6. The molecule has 2 amide bonds. The predicted octanol–water partition coefficient (Wildman–Crippen LogP) is 3.18. The van der Waals surface area contributed by atoms with Crippen LogP contribution >= 0.6 is 11.6 Å². The fourth-order valence-electron chi connectivity index (χ4n) is 2.93. The van der Waals surface area contributed by atoms with Crippen molar-refractivity contribution in [1.29, 1.82) is 0 Å². The zero-order valence-corrected chi connectivity index (χ0v) is 15.3. The molecule has 140 valence electrons. The molecule has 2 aliphatic rings. The van der Waals surface area contributed by atoms with Crippen molar-refractivity contribution in [3.05, 3.63) is 52.5 Å². The molecule has 2 aromatic rings. The van der Waals surface area contributed by atoms with Gasteiger partial charge >= 0.3 is 0 Å². The van der Waals surface area contributed by atoms with Gasteiger partial charge in [-0.1, -0.05) is 23.7 Å². The van der Waals surface area contributed by atoms with Gasteiger partial charge in [-0.2, -0.15) is 0 Å². The summed E-state index contributed by atoms with van der Waals surface area (Å²) in [4.78, 5) is 24.9.